The molecule has 0 saturated heterocycles. The third kappa shape index (κ3) is 6.36. The van der Waals surface area contributed by atoms with Gasteiger partial charge in [-0.1, -0.05) is 23.5 Å². The van der Waals surface area contributed by atoms with Gasteiger partial charge in [0.05, 0.1) is 11.9 Å². The molecule has 10 heteroatoms. The molecule has 4 aromatic rings. The summed E-state index contributed by atoms with van der Waals surface area (Å²) in [5.41, 5.74) is 8.23. The van der Waals surface area contributed by atoms with E-state index in [0.29, 0.717) is 44.7 Å². The number of thiazole rings is 1. The van der Waals surface area contributed by atoms with Crippen molar-refractivity contribution in [2.45, 2.75) is 13.8 Å². The van der Waals surface area contributed by atoms with Gasteiger partial charge >= 0.3 is 0 Å². The molecular formula is C24H22FN5O3S. The molecule has 34 heavy (non-hydrogen) atoms. The molecule has 1 amide bonds. The molecule has 0 saturated carbocycles. The molecule has 0 radical (unpaired) electrons. The lowest BCUT2D eigenvalue weighted by atomic mass is 10.1. The van der Waals surface area contributed by atoms with Gasteiger partial charge < -0.3 is 21.5 Å². The summed E-state index contributed by atoms with van der Waals surface area (Å²) in [5.74, 6) is 0.485. The number of anilines is 4. The van der Waals surface area contributed by atoms with Crippen LogP contribution < -0.4 is 16.4 Å². The van der Waals surface area contributed by atoms with E-state index in [1.54, 1.807) is 37.3 Å². The lowest BCUT2D eigenvalue weighted by Crippen LogP contribution is -2.12. The van der Waals surface area contributed by atoms with Crippen molar-refractivity contribution in [1.82, 2.24) is 9.97 Å². The van der Waals surface area contributed by atoms with Crippen molar-refractivity contribution in [3.8, 4) is 5.75 Å². The highest BCUT2D eigenvalue weighted by molar-refractivity contribution is 7.17. The minimum absolute atomic E-state index is 0.139. The van der Waals surface area contributed by atoms with Crippen molar-refractivity contribution in [2.75, 3.05) is 16.4 Å². The van der Waals surface area contributed by atoms with Crippen LogP contribution in [-0.2, 0) is 0 Å². The highest BCUT2D eigenvalue weighted by Gasteiger charge is 2.15. The first-order valence-electron chi connectivity index (χ1n) is 10.0. The first kappa shape index (κ1) is 24.3. The normalized spacial score (nSPS) is 10.1. The van der Waals surface area contributed by atoms with Gasteiger partial charge in [0.2, 0.25) is 0 Å². The van der Waals surface area contributed by atoms with Crippen LogP contribution in [0.1, 0.15) is 31.2 Å². The van der Waals surface area contributed by atoms with Gasteiger partial charge in [-0.25, -0.2) is 14.4 Å². The molecule has 2 aromatic heterocycles. The Morgan fingerprint density at radius 3 is 2.53 bits per heavy atom. The van der Waals surface area contributed by atoms with Crippen LogP contribution in [0, 0.1) is 19.7 Å². The molecule has 0 aliphatic rings. The maximum absolute atomic E-state index is 12.5. The van der Waals surface area contributed by atoms with Crippen LogP contribution in [0.15, 0.2) is 60.8 Å². The molecule has 0 spiro atoms. The summed E-state index contributed by atoms with van der Waals surface area (Å²) in [7, 11) is 0. The molecule has 5 N–H and O–H groups in total. The van der Waals surface area contributed by atoms with Crippen molar-refractivity contribution < 1.29 is 19.1 Å². The van der Waals surface area contributed by atoms with Crippen molar-refractivity contribution in [3.05, 3.63) is 88.2 Å². The molecule has 0 bridgehead atoms. The number of aldehydes is 1. The minimum Gasteiger partial charge on any atom is -0.508 e. The SMILES string of the molecule is Cc1ccc(O)c(C)c1NC(=O)c1cnc(Nc2cccc(N)n2)s1.O=Cc1ccc(F)cc1. The number of aromatic nitrogens is 2. The molecule has 2 heterocycles. The highest BCUT2D eigenvalue weighted by atomic mass is 32.1. The Labute approximate surface area is 199 Å². The number of nitrogens with one attached hydrogen (secondary N) is 2. The van der Waals surface area contributed by atoms with Crippen molar-refractivity contribution >= 4 is 46.0 Å². The fraction of sp³-hybridized carbons (Fsp3) is 0.0833. The maximum atomic E-state index is 12.5. The molecule has 2 aromatic carbocycles. The predicted molar refractivity (Wildman–Crippen MR) is 131 cm³/mol. The van der Waals surface area contributed by atoms with E-state index in [4.69, 9.17) is 5.73 Å². The summed E-state index contributed by atoms with van der Waals surface area (Å²) in [5, 5.41) is 16.2. The smallest absolute Gasteiger partial charge is 0.267 e. The Balaban J connectivity index is 0.000000302. The third-order valence-corrected chi connectivity index (χ3v) is 5.54. The number of carbonyl (C=O) groups is 2. The van der Waals surface area contributed by atoms with E-state index in [0.717, 1.165) is 5.56 Å². The number of benzene rings is 2. The summed E-state index contributed by atoms with van der Waals surface area (Å²) in [4.78, 5) is 31.2. The maximum Gasteiger partial charge on any atom is 0.267 e. The molecular weight excluding hydrogens is 457 g/mol. The third-order valence-electron chi connectivity index (χ3n) is 4.62. The number of phenols is 1. The number of nitrogens with zero attached hydrogens (tertiary/aromatic N) is 2. The number of carbonyl (C=O) groups excluding carboxylic acids is 2. The van der Waals surface area contributed by atoms with Gasteiger partial charge in [-0.15, -0.1) is 0 Å². The molecule has 0 atom stereocenters. The van der Waals surface area contributed by atoms with Crippen LogP contribution in [0.25, 0.3) is 0 Å². The minimum atomic E-state index is -0.319. The fourth-order valence-electron chi connectivity index (χ4n) is 2.81. The van der Waals surface area contributed by atoms with E-state index in [-0.39, 0.29) is 17.5 Å². The van der Waals surface area contributed by atoms with Gasteiger partial charge in [-0.3, -0.25) is 9.59 Å². The molecule has 8 nitrogen and oxygen atoms in total. The van der Waals surface area contributed by atoms with Crippen molar-refractivity contribution in [3.63, 3.8) is 0 Å². The number of amides is 1. The second-order valence-electron chi connectivity index (χ2n) is 7.13. The number of aryl methyl sites for hydroxylation is 1. The van der Waals surface area contributed by atoms with Crippen molar-refractivity contribution in [2.24, 2.45) is 0 Å². The Morgan fingerprint density at radius 1 is 1.12 bits per heavy atom. The number of hydrogen-bond acceptors (Lipinski definition) is 8. The summed E-state index contributed by atoms with van der Waals surface area (Å²) in [6, 6.07) is 14.0. The predicted octanol–water partition coefficient (Wildman–Crippen LogP) is 5.08. The molecule has 0 fully saturated rings. The van der Waals surface area contributed by atoms with E-state index < -0.39 is 0 Å². The topological polar surface area (TPSA) is 130 Å². The zero-order valence-corrected chi connectivity index (χ0v) is 19.2. The lowest BCUT2D eigenvalue weighted by molar-refractivity contribution is 0.102. The number of hydrogen-bond donors (Lipinski definition) is 4. The second kappa shape index (κ2) is 11.0. The molecule has 4 rings (SSSR count). The number of rotatable bonds is 5. The largest absolute Gasteiger partial charge is 0.508 e. The van der Waals surface area contributed by atoms with E-state index >= 15 is 0 Å². The molecule has 0 aliphatic carbocycles. The van der Waals surface area contributed by atoms with Gasteiger partial charge in [0.25, 0.3) is 5.91 Å². The Morgan fingerprint density at radius 2 is 1.85 bits per heavy atom. The Kier molecular flexibility index (Phi) is 7.88. The first-order valence-corrected chi connectivity index (χ1v) is 10.8. The second-order valence-corrected chi connectivity index (χ2v) is 8.16. The van der Waals surface area contributed by atoms with E-state index in [9.17, 15) is 19.1 Å². The van der Waals surface area contributed by atoms with Crippen LogP contribution in [0.2, 0.25) is 0 Å². The van der Waals surface area contributed by atoms with Gasteiger partial charge in [-0.2, -0.15) is 0 Å². The summed E-state index contributed by atoms with van der Waals surface area (Å²) >= 11 is 1.20. The first-order chi connectivity index (χ1) is 16.3. The molecule has 174 valence electrons. The van der Waals surface area contributed by atoms with Gasteiger partial charge in [0, 0.05) is 11.1 Å². The zero-order valence-electron chi connectivity index (χ0n) is 18.4. The number of aromatic hydroxyl groups is 1. The number of pyridine rings is 1. The lowest BCUT2D eigenvalue weighted by Gasteiger charge is -2.11. The highest BCUT2D eigenvalue weighted by Crippen LogP contribution is 2.29. The van der Waals surface area contributed by atoms with E-state index in [1.807, 2.05) is 6.92 Å². The van der Waals surface area contributed by atoms with Gasteiger partial charge in [0.1, 0.15) is 34.4 Å². The zero-order chi connectivity index (χ0) is 24.7. The average Bonchev–Trinajstić information content (AvgIpc) is 3.29. The van der Waals surface area contributed by atoms with Crippen LogP contribution in [-0.4, -0.2) is 27.3 Å². The van der Waals surface area contributed by atoms with Gasteiger partial charge in [0.15, 0.2) is 5.13 Å². The Hall–Kier alpha value is -4.31. The molecule has 0 aliphatic heterocycles. The fourth-order valence-corrected chi connectivity index (χ4v) is 3.53. The number of nitrogens with two attached hydrogens (primary N) is 1. The number of halogens is 1. The van der Waals surface area contributed by atoms with Crippen LogP contribution in [0.3, 0.4) is 0 Å². The van der Waals surface area contributed by atoms with E-state index in [2.05, 4.69) is 20.6 Å². The van der Waals surface area contributed by atoms with Crippen LogP contribution in [0.5, 0.6) is 5.75 Å². The average molecular weight is 480 g/mol. The van der Waals surface area contributed by atoms with Gasteiger partial charge in [-0.05, 0) is 61.9 Å². The standard InChI is InChI=1S/C17H17N5O2S.C7H5FO/c1-9-6-7-11(23)10(2)15(9)22-16(24)12-8-19-17(25-12)21-14-5-3-4-13(18)20-14;8-7-3-1-6(5-9)2-4-7/h3-8,23H,1-2H3,(H,22,24)(H3,18,19,20,21);1-5H. The number of nitrogen functional groups attached to an aromatic ring is 1. The Bertz CT molecular complexity index is 1310. The summed E-state index contributed by atoms with van der Waals surface area (Å²) in [6.45, 7) is 3.62. The number of phenolic OH excluding ortho intramolecular Hbond substituents is 1. The summed E-state index contributed by atoms with van der Waals surface area (Å²) < 4.78 is 12.1. The van der Waals surface area contributed by atoms with Crippen LogP contribution >= 0.6 is 11.3 Å². The van der Waals surface area contributed by atoms with Crippen molar-refractivity contribution in [1.29, 1.82) is 0 Å². The van der Waals surface area contributed by atoms with Crippen LogP contribution in [0.4, 0.5) is 26.8 Å². The molecule has 0 unspecified atom stereocenters. The monoisotopic (exact) mass is 479 g/mol. The quantitative estimate of drug-likeness (QED) is 0.294. The summed E-state index contributed by atoms with van der Waals surface area (Å²) in [6.07, 6.45) is 2.17. The van der Waals surface area contributed by atoms with E-state index in [1.165, 1.54) is 41.8 Å².